The Morgan fingerprint density at radius 1 is 1.44 bits per heavy atom. The second-order valence-electron chi connectivity index (χ2n) is 4.81. The molecule has 1 saturated carbocycles. The standard InChI is InChI=1S/C12H17N3O3/c1-8-6-9(10(16)17)15-11(14-8)13-7-12(18)4-2-3-5-12/h6,18H,2-5,7H2,1H3,(H,16,17)(H,13,14,15). The number of carbonyl (C=O) groups is 1. The van der Waals surface area contributed by atoms with Crippen molar-refractivity contribution >= 4 is 11.9 Å². The van der Waals surface area contributed by atoms with Crippen molar-refractivity contribution in [3.8, 4) is 0 Å². The molecule has 1 aliphatic carbocycles. The first-order valence-corrected chi connectivity index (χ1v) is 6.04. The van der Waals surface area contributed by atoms with E-state index in [2.05, 4.69) is 15.3 Å². The molecule has 0 atom stereocenters. The quantitative estimate of drug-likeness (QED) is 0.744. The normalized spacial score (nSPS) is 17.7. The molecule has 1 heterocycles. The number of carboxylic acids is 1. The predicted octanol–water partition coefficient (Wildman–Crippen LogP) is 1.20. The lowest BCUT2D eigenvalue weighted by Crippen LogP contribution is -2.34. The summed E-state index contributed by atoms with van der Waals surface area (Å²) in [6.07, 6.45) is 3.57. The zero-order valence-corrected chi connectivity index (χ0v) is 10.3. The Morgan fingerprint density at radius 3 is 2.72 bits per heavy atom. The molecule has 98 valence electrons. The molecule has 18 heavy (non-hydrogen) atoms. The number of nitrogens with one attached hydrogen (secondary N) is 1. The first-order valence-electron chi connectivity index (χ1n) is 6.04. The van der Waals surface area contributed by atoms with Crippen molar-refractivity contribution in [1.82, 2.24) is 9.97 Å². The lowest BCUT2D eigenvalue weighted by Gasteiger charge is -2.22. The Morgan fingerprint density at radius 2 is 2.11 bits per heavy atom. The van der Waals surface area contributed by atoms with E-state index in [-0.39, 0.29) is 11.6 Å². The fraction of sp³-hybridized carbons (Fsp3) is 0.583. The lowest BCUT2D eigenvalue weighted by atomic mass is 10.0. The Hall–Kier alpha value is -1.69. The fourth-order valence-electron chi connectivity index (χ4n) is 2.21. The van der Waals surface area contributed by atoms with E-state index < -0.39 is 11.6 Å². The van der Waals surface area contributed by atoms with Crippen LogP contribution in [-0.4, -0.2) is 38.3 Å². The average Bonchev–Trinajstić information content (AvgIpc) is 2.73. The van der Waals surface area contributed by atoms with Crippen LogP contribution in [-0.2, 0) is 0 Å². The summed E-state index contributed by atoms with van der Waals surface area (Å²) >= 11 is 0. The molecule has 0 saturated heterocycles. The SMILES string of the molecule is Cc1cc(C(=O)O)nc(NCC2(O)CCCC2)n1. The molecule has 0 bridgehead atoms. The summed E-state index contributed by atoms with van der Waals surface area (Å²) in [5.41, 5.74) is -0.164. The number of hydrogen-bond donors (Lipinski definition) is 3. The number of carboxylic acid groups (broad SMARTS) is 1. The maximum atomic E-state index is 10.9. The van der Waals surface area contributed by atoms with Crippen LogP contribution in [0.4, 0.5) is 5.95 Å². The molecular weight excluding hydrogens is 234 g/mol. The van der Waals surface area contributed by atoms with E-state index >= 15 is 0 Å². The van der Waals surface area contributed by atoms with Gasteiger partial charge in [-0.3, -0.25) is 0 Å². The first kappa shape index (κ1) is 12.8. The van der Waals surface area contributed by atoms with E-state index in [1.54, 1.807) is 6.92 Å². The van der Waals surface area contributed by atoms with E-state index in [1.165, 1.54) is 6.07 Å². The van der Waals surface area contributed by atoms with Crippen LogP contribution in [0.2, 0.25) is 0 Å². The van der Waals surface area contributed by atoms with Crippen LogP contribution in [0.1, 0.15) is 41.9 Å². The number of aliphatic hydroxyl groups is 1. The minimum atomic E-state index is -1.08. The highest BCUT2D eigenvalue weighted by atomic mass is 16.4. The fourth-order valence-corrected chi connectivity index (χ4v) is 2.21. The van der Waals surface area contributed by atoms with Crippen molar-refractivity contribution in [3.63, 3.8) is 0 Å². The largest absolute Gasteiger partial charge is 0.477 e. The molecule has 0 amide bonds. The molecule has 2 rings (SSSR count). The molecule has 1 aliphatic rings. The summed E-state index contributed by atoms with van der Waals surface area (Å²) in [5, 5.41) is 22.0. The molecule has 1 aromatic heterocycles. The molecule has 0 aliphatic heterocycles. The molecular formula is C12H17N3O3. The maximum Gasteiger partial charge on any atom is 0.354 e. The molecule has 1 fully saturated rings. The van der Waals surface area contributed by atoms with E-state index in [1.807, 2.05) is 0 Å². The highest BCUT2D eigenvalue weighted by Crippen LogP contribution is 2.29. The monoisotopic (exact) mass is 251 g/mol. The minimum absolute atomic E-state index is 0.0385. The third-order valence-electron chi connectivity index (χ3n) is 3.18. The zero-order chi connectivity index (χ0) is 13.2. The Kier molecular flexibility index (Phi) is 3.47. The van der Waals surface area contributed by atoms with E-state index in [0.717, 1.165) is 25.7 Å². The van der Waals surface area contributed by atoms with E-state index in [0.29, 0.717) is 12.2 Å². The number of rotatable bonds is 4. The predicted molar refractivity (Wildman–Crippen MR) is 65.6 cm³/mol. The van der Waals surface area contributed by atoms with Crippen LogP contribution in [0.25, 0.3) is 0 Å². The first-order chi connectivity index (χ1) is 8.48. The number of aryl methyl sites for hydroxylation is 1. The van der Waals surface area contributed by atoms with Gasteiger partial charge in [-0.2, -0.15) is 0 Å². The van der Waals surface area contributed by atoms with Gasteiger partial charge in [0.1, 0.15) is 0 Å². The number of nitrogens with zero attached hydrogens (tertiary/aromatic N) is 2. The van der Waals surface area contributed by atoms with Gasteiger partial charge in [-0.25, -0.2) is 14.8 Å². The van der Waals surface area contributed by atoms with Crippen LogP contribution < -0.4 is 5.32 Å². The highest BCUT2D eigenvalue weighted by molar-refractivity contribution is 5.85. The second kappa shape index (κ2) is 4.89. The van der Waals surface area contributed by atoms with Gasteiger partial charge in [0.05, 0.1) is 5.60 Å². The van der Waals surface area contributed by atoms with Crippen LogP contribution in [0, 0.1) is 6.92 Å². The van der Waals surface area contributed by atoms with Gasteiger partial charge < -0.3 is 15.5 Å². The summed E-state index contributed by atoms with van der Waals surface area (Å²) in [6, 6.07) is 1.41. The third-order valence-corrected chi connectivity index (χ3v) is 3.18. The number of hydrogen-bond acceptors (Lipinski definition) is 5. The molecule has 0 spiro atoms. The summed E-state index contributed by atoms with van der Waals surface area (Å²) in [6.45, 7) is 2.07. The van der Waals surface area contributed by atoms with Crippen molar-refractivity contribution < 1.29 is 15.0 Å². The molecule has 0 radical (unpaired) electrons. The van der Waals surface area contributed by atoms with E-state index in [4.69, 9.17) is 5.11 Å². The Balaban J connectivity index is 2.07. The zero-order valence-electron chi connectivity index (χ0n) is 10.3. The highest BCUT2D eigenvalue weighted by Gasteiger charge is 2.30. The smallest absolute Gasteiger partial charge is 0.354 e. The molecule has 6 heteroatoms. The molecule has 3 N–H and O–H groups in total. The third kappa shape index (κ3) is 2.95. The van der Waals surface area contributed by atoms with E-state index in [9.17, 15) is 9.90 Å². The lowest BCUT2D eigenvalue weighted by molar-refractivity contribution is 0.0613. The van der Waals surface area contributed by atoms with Gasteiger partial charge in [0.2, 0.25) is 5.95 Å². The summed E-state index contributed by atoms with van der Waals surface area (Å²) in [5.74, 6) is -0.823. The van der Waals surface area contributed by atoms with Crippen LogP contribution >= 0.6 is 0 Å². The average molecular weight is 251 g/mol. The van der Waals surface area contributed by atoms with Crippen molar-refractivity contribution in [1.29, 1.82) is 0 Å². The molecule has 1 aromatic rings. The summed E-state index contributed by atoms with van der Waals surface area (Å²) < 4.78 is 0. The van der Waals surface area contributed by atoms with Crippen LogP contribution in [0.5, 0.6) is 0 Å². The number of anilines is 1. The topological polar surface area (TPSA) is 95.3 Å². The molecule has 0 unspecified atom stereocenters. The van der Waals surface area contributed by atoms with Gasteiger partial charge in [-0.15, -0.1) is 0 Å². The van der Waals surface area contributed by atoms with Crippen LogP contribution in [0.3, 0.4) is 0 Å². The Bertz CT molecular complexity index is 456. The number of aromatic carboxylic acids is 1. The van der Waals surface area contributed by atoms with Gasteiger partial charge in [-0.1, -0.05) is 12.8 Å². The van der Waals surface area contributed by atoms with Crippen molar-refractivity contribution in [2.45, 2.75) is 38.2 Å². The Labute approximate surface area is 105 Å². The van der Waals surface area contributed by atoms with Crippen molar-refractivity contribution in [2.24, 2.45) is 0 Å². The van der Waals surface area contributed by atoms with Gasteiger partial charge >= 0.3 is 5.97 Å². The van der Waals surface area contributed by atoms with Crippen molar-refractivity contribution in [3.05, 3.63) is 17.5 Å². The van der Waals surface area contributed by atoms with Crippen LogP contribution in [0.15, 0.2) is 6.07 Å². The number of aromatic nitrogens is 2. The van der Waals surface area contributed by atoms with Gasteiger partial charge in [-0.05, 0) is 25.8 Å². The summed E-state index contributed by atoms with van der Waals surface area (Å²) in [7, 11) is 0. The minimum Gasteiger partial charge on any atom is -0.477 e. The summed E-state index contributed by atoms with van der Waals surface area (Å²) in [4.78, 5) is 18.9. The van der Waals surface area contributed by atoms with Crippen molar-refractivity contribution in [2.75, 3.05) is 11.9 Å². The second-order valence-corrected chi connectivity index (χ2v) is 4.81. The van der Waals surface area contributed by atoms with Gasteiger partial charge in [0.15, 0.2) is 5.69 Å². The van der Waals surface area contributed by atoms with Gasteiger partial charge in [0.25, 0.3) is 0 Å². The molecule has 0 aromatic carbocycles. The molecule has 6 nitrogen and oxygen atoms in total. The maximum absolute atomic E-state index is 10.9. The van der Waals surface area contributed by atoms with Gasteiger partial charge in [0, 0.05) is 12.2 Å².